The number of fused-ring (bicyclic) bond motifs is 1. The first-order valence-corrected chi connectivity index (χ1v) is 5.14. The van der Waals surface area contributed by atoms with Gasteiger partial charge in [-0.2, -0.15) is 0 Å². The molecule has 0 saturated carbocycles. The lowest BCUT2D eigenvalue weighted by Gasteiger charge is -2.02. The maximum absolute atomic E-state index is 9.79. The number of phenols is 1. The van der Waals surface area contributed by atoms with E-state index in [0.29, 0.717) is 0 Å². The summed E-state index contributed by atoms with van der Waals surface area (Å²) in [5.41, 5.74) is 1.75. The average molecular weight is 205 g/mol. The van der Waals surface area contributed by atoms with E-state index in [4.69, 9.17) is 0 Å². The number of aromatic hydroxyl groups is 1. The predicted octanol–water partition coefficient (Wildman–Crippen LogP) is 2.42. The molecule has 0 aliphatic heterocycles. The smallest absolute Gasteiger partial charge is 0.125 e. The van der Waals surface area contributed by atoms with Crippen molar-refractivity contribution in [2.75, 3.05) is 0 Å². The van der Waals surface area contributed by atoms with Gasteiger partial charge in [-0.3, -0.25) is 0 Å². The first-order valence-electron chi connectivity index (χ1n) is 5.14. The zero-order valence-electron chi connectivity index (χ0n) is 8.94. The maximum atomic E-state index is 9.79. The minimum absolute atomic E-state index is 0.232. The Bertz CT molecular complexity index is 486. The van der Waals surface area contributed by atoms with Crippen molar-refractivity contribution in [2.45, 2.75) is 26.5 Å². The lowest BCUT2D eigenvalue weighted by molar-refractivity contribution is 0.200. The van der Waals surface area contributed by atoms with Gasteiger partial charge in [0.2, 0.25) is 0 Å². The third-order valence-electron chi connectivity index (χ3n) is 2.70. The van der Waals surface area contributed by atoms with E-state index in [-0.39, 0.29) is 5.75 Å². The Kier molecular flexibility index (Phi) is 2.40. The van der Waals surface area contributed by atoms with Crippen LogP contribution in [0, 0.1) is 0 Å². The second kappa shape index (κ2) is 3.59. The Hall–Kier alpha value is -1.48. The van der Waals surface area contributed by atoms with Gasteiger partial charge < -0.3 is 14.8 Å². The molecule has 1 heterocycles. The molecular formula is C12H15NO2. The molecular weight excluding hydrogens is 190 g/mol. The van der Waals surface area contributed by atoms with E-state index in [1.54, 1.807) is 13.0 Å². The fraction of sp³-hybridized carbons (Fsp3) is 0.333. The number of aryl methyl sites for hydroxylation is 1. The molecule has 1 aromatic heterocycles. The third-order valence-corrected chi connectivity index (χ3v) is 2.70. The highest BCUT2D eigenvalue weighted by atomic mass is 16.3. The number of aliphatic hydroxyl groups excluding tert-OH is 1. The molecule has 0 spiro atoms. The largest absolute Gasteiger partial charge is 0.507 e. The number of nitrogens with zero attached hydrogens (tertiary/aromatic N) is 1. The highest BCUT2D eigenvalue weighted by Gasteiger charge is 2.14. The summed E-state index contributed by atoms with van der Waals surface area (Å²) in [4.78, 5) is 0. The maximum Gasteiger partial charge on any atom is 0.125 e. The highest BCUT2D eigenvalue weighted by Crippen LogP contribution is 2.33. The molecule has 3 nitrogen and oxygen atoms in total. The summed E-state index contributed by atoms with van der Waals surface area (Å²) >= 11 is 0. The van der Waals surface area contributed by atoms with Crippen molar-refractivity contribution >= 4 is 10.9 Å². The zero-order valence-corrected chi connectivity index (χ0v) is 8.94. The van der Waals surface area contributed by atoms with Crippen LogP contribution in [0.5, 0.6) is 5.75 Å². The molecule has 0 saturated heterocycles. The Morgan fingerprint density at radius 2 is 2.13 bits per heavy atom. The van der Waals surface area contributed by atoms with Crippen molar-refractivity contribution in [1.29, 1.82) is 0 Å². The van der Waals surface area contributed by atoms with Gasteiger partial charge in [0.1, 0.15) is 5.75 Å². The monoisotopic (exact) mass is 205 g/mol. The van der Waals surface area contributed by atoms with Crippen molar-refractivity contribution in [3.63, 3.8) is 0 Å². The Morgan fingerprint density at radius 3 is 2.73 bits per heavy atom. The standard InChI is InChI=1S/C12H15NO2/c1-3-13-7-9(8(2)14)12-10(13)5-4-6-11(12)15/h4-8,14-15H,3H2,1-2H3. The topological polar surface area (TPSA) is 45.4 Å². The second-order valence-corrected chi connectivity index (χ2v) is 3.72. The van der Waals surface area contributed by atoms with Crippen LogP contribution in [0.4, 0.5) is 0 Å². The van der Waals surface area contributed by atoms with Gasteiger partial charge in [-0.15, -0.1) is 0 Å². The number of hydrogen-bond acceptors (Lipinski definition) is 2. The molecule has 15 heavy (non-hydrogen) atoms. The summed E-state index contributed by atoms with van der Waals surface area (Å²) < 4.78 is 2.02. The quantitative estimate of drug-likeness (QED) is 0.790. The van der Waals surface area contributed by atoms with Gasteiger partial charge in [0.05, 0.1) is 11.6 Å². The molecule has 0 aliphatic carbocycles. The molecule has 0 radical (unpaired) electrons. The van der Waals surface area contributed by atoms with Crippen molar-refractivity contribution in [2.24, 2.45) is 0 Å². The number of hydrogen-bond donors (Lipinski definition) is 2. The van der Waals surface area contributed by atoms with Gasteiger partial charge in [0.25, 0.3) is 0 Å². The molecule has 80 valence electrons. The summed E-state index contributed by atoms with van der Waals surface area (Å²) in [5.74, 6) is 0.232. The molecule has 1 aromatic carbocycles. The lowest BCUT2D eigenvalue weighted by atomic mass is 10.1. The van der Waals surface area contributed by atoms with Gasteiger partial charge >= 0.3 is 0 Å². The van der Waals surface area contributed by atoms with Crippen molar-refractivity contribution in [3.8, 4) is 5.75 Å². The molecule has 0 bridgehead atoms. The number of phenolic OH excluding ortho intramolecular Hbond substituents is 1. The molecule has 3 heteroatoms. The molecule has 2 aromatic rings. The number of aromatic nitrogens is 1. The number of rotatable bonds is 2. The van der Waals surface area contributed by atoms with E-state index < -0.39 is 6.10 Å². The summed E-state index contributed by atoms with van der Waals surface area (Å²) in [6, 6.07) is 5.41. The minimum atomic E-state index is -0.561. The van der Waals surface area contributed by atoms with Crippen LogP contribution in [0.3, 0.4) is 0 Å². The molecule has 0 amide bonds. The predicted molar refractivity (Wildman–Crippen MR) is 59.9 cm³/mol. The van der Waals surface area contributed by atoms with Crippen molar-refractivity contribution in [3.05, 3.63) is 30.0 Å². The van der Waals surface area contributed by atoms with Crippen LogP contribution in [-0.4, -0.2) is 14.8 Å². The summed E-state index contributed by atoms with van der Waals surface area (Å²) in [7, 11) is 0. The highest BCUT2D eigenvalue weighted by molar-refractivity contribution is 5.90. The zero-order chi connectivity index (χ0) is 11.0. The van der Waals surface area contributed by atoms with Crippen LogP contribution in [0.2, 0.25) is 0 Å². The summed E-state index contributed by atoms with van der Waals surface area (Å²) in [6.45, 7) is 4.57. The Labute approximate surface area is 88.6 Å². The van der Waals surface area contributed by atoms with Crippen LogP contribution >= 0.6 is 0 Å². The van der Waals surface area contributed by atoms with Gasteiger partial charge in [0.15, 0.2) is 0 Å². The van der Waals surface area contributed by atoms with Crippen LogP contribution in [0.15, 0.2) is 24.4 Å². The summed E-state index contributed by atoms with van der Waals surface area (Å²) in [6.07, 6.45) is 1.34. The SMILES string of the molecule is CCn1cc(C(C)O)c2c(O)cccc21. The Balaban J connectivity index is 2.82. The van der Waals surface area contributed by atoms with Gasteiger partial charge in [-0.05, 0) is 26.0 Å². The normalized spacial score (nSPS) is 13.3. The number of benzene rings is 1. The second-order valence-electron chi connectivity index (χ2n) is 3.72. The first kappa shape index (κ1) is 10.1. The van der Waals surface area contributed by atoms with E-state index in [2.05, 4.69) is 0 Å². The molecule has 2 rings (SSSR count). The third kappa shape index (κ3) is 1.49. The van der Waals surface area contributed by atoms with E-state index >= 15 is 0 Å². The molecule has 0 fully saturated rings. The van der Waals surface area contributed by atoms with Crippen LogP contribution < -0.4 is 0 Å². The van der Waals surface area contributed by atoms with E-state index in [1.165, 1.54) is 0 Å². The molecule has 0 aliphatic rings. The lowest BCUT2D eigenvalue weighted by Crippen LogP contribution is -1.91. The average Bonchev–Trinajstić information content (AvgIpc) is 2.58. The molecule has 1 unspecified atom stereocenters. The van der Waals surface area contributed by atoms with Crippen LogP contribution in [0.25, 0.3) is 10.9 Å². The Morgan fingerprint density at radius 1 is 1.40 bits per heavy atom. The van der Waals surface area contributed by atoms with Crippen molar-refractivity contribution in [1.82, 2.24) is 4.57 Å². The first-order chi connectivity index (χ1) is 7.15. The molecule has 2 N–H and O–H groups in total. The van der Waals surface area contributed by atoms with E-state index in [1.807, 2.05) is 29.8 Å². The van der Waals surface area contributed by atoms with Crippen LogP contribution in [0.1, 0.15) is 25.5 Å². The van der Waals surface area contributed by atoms with Gasteiger partial charge in [-0.25, -0.2) is 0 Å². The van der Waals surface area contributed by atoms with E-state index in [0.717, 1.165) is 23.0 Å². The number of aliphatic hydroxyl groups is 1. The fourth-order valence-electron chi connectivity index (χ4n) is 1.94. The molecule has 1 atom stereocenters. The van der Waals surface area contributed by atoms with Crippen LogP contribution in [-0.2, 0) is 6.54 Å². The van der Waals surface area contributed by atoms with Crippen molar-refractivity contribution < 1.29 is 10.2 Å². The summed E-state index contributed by atoms with van der Waals surface area (Å²) in [5, 5.41) is 20.2. The van der Waals surface area contributed by atoms with Gasteiger partial charge in [-0.1, -0.05) is 6.07 Å². The van der Waals surface area contributed by atoms with Gasteiger partial charge in [0, 0.05) is 23.7 Å². The van der Waals surface area contributed by atoms with E-state index in [9.17, 15) is 10.2 Å². The fourth-order valence-corrected chi connectivity index (χ4v) is 1.94. The minimum Gasteiger partial charge on any atom is -0.507 e.